The average molecular weight is 633 g/mol. The van der Waals surface area contributed by atoms with Gasteiger partial charge in [0.15, 0.2) is 0 Å². The van der Waals surface area contributed by atoms with E-state index in [-0.39, 0.29) is 12.6 Å². The van der Waals surface area contributed by atoms with Gasteiger partial charge in [0.2, 0.25) is 0 Å². The van der Waals surface area contributed by atoms with Crippen molar-refractivity contribution in [3.05, 3.63) is 96.9 Å². The summed E-state index contributed by atoms with van der Waals surface area (Å²) in [5, 5.41) is 4.59. The quantitative estimate of drug-likeness (QED) is 0.100. The number of nitrogens with zero attached hydrogens (tertiary/aromatic N) is 3. The van der Waals surface area contributed by atoms with Crippen LogP contribution >= 0.6 is 0 Å². The van der Waals surface area contributed by atoms with Gasteiger partial charge >= 0.3 is 6.09 Å². The SMILES string of the molecule is C#C.C=C1C[C@@H](c2ncc(-c3ccc4cc(-c5ccc(-c6cnc(C)[nH]6)cc5)ccc4c3)[nH]2)N(C)C1.CCC.COC(=O)NCC=O. The van der Waals surface area contributed by atoms with Crippen molar-refractivity contribution in [2.45, 2.75) is 39.7 Å². The molecule has 2 aromatic heterocycles. The second kappa shape index (κ2) is 17.9. The molecular formula is C38H44N6O3. The third-order valence-corrected chi connectivity index (χ3v) is 7.30. The van der Waals surface area contributed by atoms with E-state index in [0.29, 0.717) is 6.29 Å². The number of aryl methyl sites for hydroxylation is 1. The minimum absolute atomic E-state index is 0.00662. The lowest BCUT2D eigenvalue weighted by molar-refractivity contribution is -0.107. The zero-order valence-electron chi connectivity index (χ0n) is 27.8. The van der Waals surface area contributed by atoms with Crippen molar-refractivity contribution in [3.63, 3.8) is 0 Å². The molecule has 1 aliphatic heterocycles. The summed E-state index contributed by atoms with van der Waals surface area (Å²) in [6.07, 6.45) is 14.0. The fourth-order valence-electron chi connectivity index (χ4n) is 5.11. The number of carbonyl (C=O) groups excluding carboxylic acids is 2. The van der Waals surface area contributed by atoms with Crippen molar-refractivity contribution < 1.29 is 14.3 Å². The third kappa shape index (κ3) is 9.76. The van der Waals surface area contributed by atoms with E-state index in [2.05, 4.69) is 136 Å². The highest BCUT2D eigenvalue weighted by Crippen LogP contribution is 2.33. The first kappa shape index (κ1) is 36.0. The summed E-state index contributed by atoms with van der Waals surface area (Å²) in [4.78, 5) is 37.7. The van der Waals surface area contributed by atoms with E-state index in [1.165, 1.54) is 41.0 Å². The number of terminal acetylenes is 1. The van der Waals surface area contributed by atoms with Crippen LogP contribution in [0.2, 0.25) is 0 Å². The lowest BCUT2D eigenvalue weighted by atomic mass is 9.98. The van der Waals surface area contributed by atoms with Crippen molar-refractivity contribution in [2.24, 2.45) is 0 Å². The molecule has 0 unspecified atom stereocenters. The van der Waals surface area contributed by atoms with Gasteiger partial charge in [-0.3, -0.25) is 4.90 Å². The van der Waals surface area contributed by atoms with E-state index in [1.54, 1.807) is 0 Å². The number of alkyl carbamates (subject to hydrolysis) is 1. The zero-order chi connectivity index (χ0) is 34.3. The van der Waals surface area contributed by atoms with Crippen molar-refractivity contribution in [1.82, 2.24) is 30.2 Å². The van der Waals surface area contributed by atoms with Gasteiger partial charge in [-0.15, -0.1) is 12.8 Å². The number of aromatic amines is 2. The summed E-state index contributed by atoms with van der Waals surface area (Å²) >= 11 is 0. The molecule has 3 heterocycles. The molecule has 3 aromatic carbocycles. The molecule has 9 nitrogen and oxygen atoms in total. The fraction of sp³-hybridized carbons (Fsp3) is 0.263. The number of hydrogen-bond acceptors (Lipinski definition) is 6. The fourth-order valence-corrected chi connectivity index (χ4v) is 5.11. The maximum atomic E-state index is 10.1. The van der Waals surface area contributed by atoms with Gasteiger partial charge in [0.05, 0.1) is 43.5 Å². The van der Waals surface area contributed by atoms with Crippen LogP contribution in [0.4, 0.5) is 4.79 Å². The smallest absolute Gasteiger partial charge is 0.407 e. The van der Waals surface area contributed by atoms with Gasteiger partial charge in [0, 0.05) is 12.1 Å². The largest absolute Gasteiger partial charge is 0.453 e. The first-order valence-corrected chi connectivity index (χ1v) is 15.4. The lowest BCUT2D eigenvalue weighted by Crippen LogP contribution is -2.24. The van der Waals surface area contributed by atoms with E-state index in [0.717, 1.165) is 47.1 Å². The molecule has 1 aliphatic rings. The Hall–Kier alpha value is -5.46. The monoisotopic (exact) mass is 632 g/mol. The Morgan fingerprint density at radius 2 is 1.51 bits per heavy atom. The molecule has 1 saturated heterocycles. The number of methoxy groups -OCH3 is 1. The van der Waals surface area contributed by atoms with Gasteiger partial charge in [0.1, 0.15) is 17.9 Å². The zero-order valence-corrected chi connectivity index (χ0v) is 27.8. The van der Waals surface area contributed by atoms with E-state index in [9.17, 15) is 9.59 Å². The summed E-state index contributed by atoms with van der Waals surface area (Å²) in [6.45, 7) is 11.3. The van der Waals surface area contributed by atoms with Gasteiger partial charge in [0.25, 0.3) is 0 Å². The predicted molar refractivity (Wildman–Crippen MR) is 191 cm³/mol. The molecule has 0 bridgehead atoms. The standard InChI is InChI=1S/C29H27N5.C4H7NO3.C3H8.C2H2/c1-18-12-28(34(3)17-18)29-31-16-27(33-29)25-11-10-23-13-22(8-9-24(23)14-25)20-4-6-21(7-5-20)26-15-30-19(2)32-26;1-8-4(7)5-2-3-6;1-3-2;1-2/h4-11,13-16,28H,1,12,17H2,2-3H3,(H,30,32)(H,31,33);3H,2H2,1H3,(H,5,7);3H2,1-2H3;1-2H/t28-;;;/m0.../s1. The van der Waals surface area contributed by atoms with Crippen molar-refractivity contribution in [1.29, 1.82) is 0 Å². The molecule has 1 amide bonds. The second-order valence-electron chi connectivity index (χ2n) is 11.0. The van der Waals surface area contributed by atoms with E-state index < -0.39 is 6.09 Å². The van der Waals surface area contributed by atoms with Crippen LogP contribution in [-0.4, -0.2) is 64.5 Å². The molecule has 47 heavy (non-hydrogen) atoms. The molecule has 9 heteroatoms. The highest BCUT2D eigenvalue weighted by molar-refractivity contribution is 5.90. The molecule has 244 valence electrons. The predicted octanol–water partition coefficient (Wildman–Crippen LogP) is 7.74. The number of aldehydes is 1. The van der Waals surface area contributed by atoms with E-state index >= 15 is 0 Å². The number of aromatic nitrogens is 4. The van der Waals surface area contributed by atoms with Crippen LogP contribution < -0.4 is 5.32 Å². The molecule has 6 rings (SSSR count). The van der Waals surface area contributed by atoms with Crippen LogP contribution in [0, 0.1) is 19.8 Å². The van der Waals surface area contributed by atoms with Gasteiger partial charge < -0.3 is 24.8 Å². The highest BCUT2D eigenvalue weighted by atomic mass is 16.5. The van der Waals surface area contributed by atoms with Crippen LogP contribution in [0.5, 0.6) is 0 Å². The number of fused-ring (bicyclic) bond motifs is 1. The molecule has 0 saturated carbocycles. The first-order chi connectivity index (χ1) is 22.8. The number of benzene rings is 3. The van der Waals surface area contributed by atoms with Gasteiger partial charge in [-0.2, -0.15) is 0 Å². The van der Waals surface area contributed by atoms with Crippen LogP contribution in [0.25, 0.3) is 44.4 Å². The van der Waals surface area contributed by atoms with E-state index in [1.807, 2.05) is 19.3 Å². The molecule has 5 aromatic rings. The Balaban J connectivity index is 0.000000398. The highest BCUT2D eigenvalue weighted by Gasteiger charge is 2.27. The van der Waals surface area contributed by atoms with Crippen LogP contribution in [0.15, 0.2) is 85.2 Å². The Morgan fingerprint density at radius 3 is 2.06 bits per heavy atom. The minimum atomic E-state index is -0.586. The van der Waals surface area contributed by atoms with Crippen LogP contribution in [0.3, 0.4) is 0 Å². The summed E-state index contributed by atoms with van der Waals surface area (Å²) in [7, 11) is 3.37. The number of rotatable bonds is 6. The molecule has 3 N–H and O–H groups in total. The van der Waals surface area contributed by atoms with Crippen molar-refractivity contribution >= 4 is 23.2 Å². The Labute approximate surface area is 277 Å². The maximum absolute atomic E-state index is 10.1. The normalized spacial score (nSPS) is 13.7. The Bertz CT molecular complexity index is 1780. The van der Waals surface area contributed by atoms with Crippen molar-refractivity contribution in [3.8, 4) is 46.5 Å². The Morgan fingerprint density at radius 1 is 0.957 bits per heavy atom. The number of carbonyl (C=O) groups is 2. The number of H-pyrrole nitrogens is 2. The number of imidazole rings is 2. The van der Waals surface area contributed by atoms with E-state index in [4.69, 9.17) is 0 Å². The topological polar surface area (TPSA) is 116 Å². The number of ether oxygens (including phenoxy) is 1. The number of likely N-dealkylation sites (tertiary alicyclic amines) is 1. The second-order valence-corrected chi connectivity index (χ2v) is 11.0. The summed E-state index contributed by atoms with van der Waals surface area (Å²) in [5.41, 5.74) is 8.06. The minimum Gasteiger partial charge on any atom is -0.453 e. The van der Waals surface area contributed by atoms with Crippen LogP contribution in [0.1, 0.15) is 44.4 Å². The molecule has 0 aliphatic carbocycles. The number of likely N-dealkylation sites (N-methyl/N-ethyl adjacent to an activating group) is 1. The summed E-state index contributed by atoms with van der Waals surface area (Å²) in [6, 6.07) is 22.2. The molecule has 1 fully saturated rings. The molecule has 0 spiro atoms. The summed E-state index contributed by atoms with van der Waals surface area (Å²) in [5.74, 6) is 1.94. The van der Waals surface area contributed by atoms with Gasteiger partial charge in [-0.1, -0.05) is 81.0 Å². The van der Waals surface area contributed by atoms with Crippen LogP contribution in [-0.2, 0) is 9.53 Å². The third-order valence-electron chi connectivity index (χ3n) is 7.30. The Kier molecular flexibility index (Phi) is 13.7. The number of hydrogen-bond donors (Lipinski definition) is 3. The van der Waals surface area contributed by atoms with Gasteiger partial charge in [-0.25, -0.2) is 14.8 Å². The molecule has 0 radical (unpaired) electrons. The molecule has 1 atom stereocenters. The lowest BCUT2D eigenvalue weighted by Gasteiger charge is -2.16. The maximum Gasteiger partial charge on any atom is 0.407 e. The molecular weight excluding hydrogens is 588 g/mol. The first-order valence-electron chi connectivity index (χ1n) is 15.4. The average Bonchev–Trinajstić information content (AvgIpc) is 3.84. The number of nitrogens with one attached hydrogen (secondary N) is 3. The van der Waals surface area contributed by atoms with Crippen molar-refractivity contribution in [2.75, 3.05) is 27.2 Å². The number of amides is 1. The summed E-state index contributed by atoms with van der Waals surface area (Å²) < 4.78 is 4.14. The van der Waals surface area contributed by atoms with Gasteiger partial charge in [-0.05, 0) is 60.0 Å².